The minimum atomic E-state index is 0.0197. The zero-order chi connectivity index (χ0) is 17.5. The monoisotopic (exact) mass is 359 g/mol. The van der Waals surface area contributed by atoms with Gasteiger partial charge in [-0.1, -0.05) is 6.07 Å². The molecule has 1 aliphatic heterocycles. The van der Waals surface area contributed by atoms with Crippen molar-refractivity contribution in [1.29, 1.82) is 0 Å². The van der Waals surface area contributed by atoms with Gasteiger partial charge in [0, 0.05) is 39.5 Å². The van der Waals surface area contributed by atoms with Gasteiger partial charge in [0.2, 0.25) is 5.91 Å². The maximum absolute atomic E-state index is 13.1. The number of carbonyl (C=O) groups is 1. The highest BCUT2D eigenvalue weighted by atomic mass is 32.1. The number of piperidine rings is 1. The number of methoxy groups -OCH3 is 1. The third-order valence-electron chi connectivity index (χ3n) is 4.57. The summed E-state index contributed by atoms with van der Waals surface area (Å²) in [6.45, 7) is 3.55. The summed E-state index contributed by atoms with van der Waals surface area (Å²) in [4.78, 5) is 21.7. The summed E-state index contributed by atoms with van der Waals surface area (Å²) in [7, 11) is 1.68. The van der Waals surface area contributed by atoms with Gasteiger partial charge in [0.25, 0.3) is 0 Å². The SMILES string of the molecule is COCCN(Cc1ccsc1)C(=O)C1CCCN(c2ccccn2)C1. The van der Waals surface area contributed by atoms with Gasteiger partial charge >= 0.3 is 0 Å². The minimum absolute atomic E-state index is 0.0197. The first-order valence-corrected chi connectivity index (χ1v) is 9.67. The van der Waals surface area contributed by atoms with Crippen molar-refractivity contribution in [2.45, 2.75) is 19.4 Å². The van der Waals surface area contributed by atoms with Crippen LogP contribution in [0.4, 0.5) is 5.82 Å². The second kappa shape index (κ2) is 8.97. The molecule has 2 aromatic heterocycles. The van der Waals surface area contributed by atoms with Crippen LogP contribution in [0.5, 0.6) is 0 Å². The molecule has 1 amide bonds. The predicted molar refractivity (Wildman–Crippen MR) is 101 cm³/mol. The molecule has 2 aromatic rings. The van der Waals surface area contributed by atoms with Crippen LogP contribution in [0.1, 0.15) is 18.4 Å². The maximum atomic E-state index is 13.1. The number of thiophene rings is 1. The average Bonchev–Trinajstić information content (AvgIpc) is 3.18. The van der Waals surface area contributed by atoms with Crippen molar-refractivity contribution in [1.82, 2.24) is 9.88 Å². The molecule has 0 radical (unpaired) electrons. The van der Waals surface area contributed by atoms with Crippen LogP contribution < -0.4 is 4.90 Å². The second-order valence-electron chi connectivity index (χ2n) is 6.36. The molecule has 1 fully saturated rings. The Morgan fingerprint density at radius 3 is 3.08 bits per heavy atom. The van der Waals surface area contributed by atoms with Gasteiger partial charge in [-0.2, -0.15) is 11.3 Å². The van der Waals surface area contributed by atoms with Crippen LogP contribution in [0.3, 0.4) is 0 Å². The van der Waals surface area contributed by atoms with E-state index in [0.717, 1.165) is 31.7 Å². The summed E-state index contributed by atoms with van der Waals surface area (Å²) in [6.07, 6.45) is 3.76. The standard InChI is InChI=1S/C19H25N3O2S/c1-24-11-10-22(13-16-7-12-25-15-16)19(23)17-5-4-9-21(14-17)18-6-2-3-8-20-18/h2-3,6-8,12,15,17H,4-5,9-11,13-14H2,1H3. The number of anilines is 1. The van der Waals surface area contributed by atoms with E-state index in [0.29, 0.717) is 19.7 Å². The fourth-order valence-electron chi connectivity index (χ4n) is 3.26. The molecule has 0 aromatic carbocycles. The topological polar surface area (TPSA) is 45.7 Å². The molecule has 1 aliphatic rings. The molecule has 1 saturated heterocycles. The highest BCUT2D eigenvalue weighted by Crippen LogP contribution is 2.23. The highest BCUT2D eigenvalue weighted by molar-refractivity contribution is 7.07. The van der Waals surface area contributed by atoms with Crippen molar-refractivity contribution >= 4 is 23.1 Å². The summed E-state index contributed by atoms with van der Waals surface area (Å²) < 4.78 is 5.21. The Balaban J connectivity index is 1.67. The molecule has 0 bridgehead atoms. The van der Waals surface area contributed by atoms with E-state index < -0.39 is 0 Å². The average molecular weight is 359 g/mol. The molecule has 1 atom stereocenters. The van der Waals surface area contributed by atoms with Gasteiger partial charge < -0.3 is 14.5 Å². The molecule has 134 valence electrons. The number of hydrogen-bond acceptors (Lipinski definition) is 5. The lowest BCUT2D eigenvalue weighted by molar-refractivity contribution is -0.137. The number of carbonyl (C=O) groups excluding carboxylic acids is 1. The molecule has 1 unspecified atom stereocenters. The van der Waals surface area contributed by atoms with Crippen LogP contribution in [-0.2, 0) is 16.1 Å². The first-order valence-electron chi connectivity index (χ1n) is 8.72. The molecular formula is C19H25N3O2S. The Kier molecular flexibility index (Phi) is 6.42. The fourth-order valence-corrected chi connectivity index (χ4v) is 3.92. The van der Waals surface area contributed by atoms with Gasteiger partial charge in [0.1, 0.15) is 5.82 Å². The van der Waals surface area contributed by atoms with Crippen molar-refractivity contribution in [3.63, 3.8) is 0 Å². The van der Waals surface area contributed by atoms with Crippen molar-refractivity contribution in [3.05, 3.63) is 46.8 Å². The molecule has 3 rings (SSSR count). The number of aromatic nitrogens is 1. The third kappa shape index (κ3) is 4.80. The number of rotatable bonds is 7. The fraction of sp³-hybridized carbons (Fsp3) is 0.474. The van der Waals surface area contributed by atoms with Crippen molar-refractivity contribution in [2.75, 3.05) is 38.3 Å². The number of hydrogen-bond donors (Lipinski definition) is 0. The third-order valence-corrected chi connectivity index (χ3v) is 5.31. The normalized spacial score (nSPS) is 17.5. The van der Waals surface area contributed by atoms with Crippen LogP contribution in [0.15, 0.2) is 41.2 Å². The Bertz CT molecular complexity index is 648. The van der Waals surface area contributed by atoms with E-state index in [4.69, 9.17) is 4.74 Å². The minimum Gasteiger partial charge on any atom is -0.383 e. The largest absolute Gasteiger partial charge is 0.383 e. The van der Waals surface area contributed by atoms with E-state index in [1.807, 2.05) is 29.3 Å². The van der Waals surface area contributed by atoms with E-state index in [2.05, 4.69) is 26.7 Å². The molecule has 6 heteroatoms. The molecular weight excluding hydrogens is 334 g/mol. The first-order chi connectivity index (χ1) is 12.3. The summed E-state index contributed by atoms with van der Waals surface area (Å²) in [5.41, 5.74) is 1.19. The Morgan fingerprint density at radius 2 is 2.36 bits per heavy atom. The lowest BCUT2D eigenvalue weighted by Crippen LogP contribution is -2.45. The molecule has 5 nitrogen and oxygen atoms in total. The van der Waals surface area contributed by atoms with Gasteiger partial charge in [0.15, 0.2) is 0 Å². The summed E-state index contributed by atoms with van der Waals surface area (Å²) >= 11 is 1.66. The second-order valence-corrected chi connectivity index (χ2v) is 7.14. The lowest BCUT2D eigenvalue weighted by Gasteiger charge is -2.35. The number of amides is 1. The van der Waals surface area contributed by atoms with Gasteiger partial charge in [-0.05, 0) is 47.4 Å². The van der Waals surface area contributed by atoms with Crippen LogP contribution in [0.25, 0.3) is 0 Å². The van der Waals surface area contributed by atoms with E-state index in [1.165, 1.54) is 5.56 Å². The van der Waals surface area contributed by atoms with Crippen molar-refractivity contribution < 1.29 is 9.53 Å². The van der Waals surface area contributed by atoms with E-state index in [9.17, 15) is 4.79 Å². The van der Waals surface area contributed by atoms with Gasteiger partial charge in [-0.3, -0.25) is 4.79 Å². The van der Waals surface area contributed by atoms with Crippen molar-refractivity contribution in [2.24, 2.45) is 5.92 Å². The summed E-state index contributed by atoms with van der Waals surface area (Å²) in [5, 5.41) is 4.16. The molecule has 0 aliphatic carbocycles. The molecule has 3 heterocycles. The quantitative estimate of drug-likeness (QED) is 0.762. The van der Waals surface area contributed by atoms with Crippen LogP contribution in [-0.4, -0.2) is 49.1 Å². The maximum Gasteiger partial charge on any atom is 0.227 e. The summed E-state index contributed by atoms with van der Waals surface area (Å²) in [5.74, 6) is 1.21. The van der Waals surface area contributed by atoms with E-state index >= 15 is 0 Å². The van der Waals surface area contributed by atoms with Crippen LogP contribution in [0, 0.1) is 5.92 Å². The van der Waals surface area contributed by atoms with E-state index in [-0.39, 0.29) is 11.8 Å². The first kappa shape index (κ1) is 17.9. The summed E-state index contributed by atoms with van der Waals surface area (Å²) in [6, 6.07) is 8.01. The van der Waals surface area contributed by atoms with Crippen molar-refractivity contribution in [3.8, 4) is 0 Å². The Hall–Kier alpha value is -1.92. The van der Waals surface area contributed by atoms with Crippen LogP contribution in [0.2, 0.25) is 0 Å². The van der Waals surface area contributed by atoms with Crippen LogP contribution >= 0.6 is 11.3 Å². The number of nitrogens with zero attached hydrogens (tertiary/aromatic N) is 3. The van der Waals surface area contributed by atoms with Gasteiger partial charge in [-0.25, -0.2) is 4.98 Å². The van der Waals surface area contributed by atoms with Gasteiger partial charge in [-0.15, -0.1) is 0 Å². The Labute approximate surface area is 153 Å². The molecule has 25 heavy (non-hydrogen) atoms. The lowest BCUT2D eigenvalue weighted by atomic mass is 9.96. The highest BCUT2D eigenvalue weighted by Gasteiger charge is 2.29. The zero-order valence-corrected chi connectivity index (χ0v) is 15.5. The van der Waals surface area contributed by atoms with Gasteiger partial charge in [0.05, 0.1) is 12.5 Å². The molecule has 0 N–H and O–H groups in total. The predicted octanol–water partition coefficient (Wildman–Crippen LogP) is 3.03. The number of ether oxygens (including phenoxy) is 1. The molecule has 0 saturated carbocycles. The number of pyridine rings is 1. The van der Waals surface area contributed by atoms with E-state index in [1.54, 1.807) is 18.4 Å². The zero-order valence-electron chi connectivity index (χ0n) is 14.6. The Morgan fingerprint density at radius 1 is 1.44 bits per heavy atom. The smallest absolute Gasteiger partial charge is 0.227 e. The molecule has 0 spiro atoms.